The van der Waals surface area contributed by atoms with Gasteiger partial charge in [0, 0.05) is 0 Å². The molecule has 1 aromatic carbocycles. The van der Waals surface area contributed by atoms with Crippen LogP contribution in [0.25, 0.3) is 0 Å². The maximum Gasteiger partial charge on any atom is 0.262 e. The second-order valence-corrected chi connectivity index (χ2v) is 4.98. The van der Waals surface area contributed by atoms with Gasteiger partial charge in [0.15, 0.2) is 0 Å². The normalized spacial score (nSPS) is 29.7. The highest BCUT2D eigenvalue weighted by atomic mass is 16.3. The Kier molecular flexibility index (Phi) is 2.97. The van der Waals surface area contributed by atoms with E-state index in [1.165, 1.54) is 18.2 Å². The number of aliphatic hydroxyl groups excluding tert-OH is 2. The largest absolute Gasteiger partial charge is 0.508 e. The standard InChI is InChI=1S/C13H14N2O5/c16-6-1-2-7-8(5-6)13(20)15(12(7)19)9-3-4-10(17)14-11(9)18/h1-2,5,9-11,14,16-18H,3-4H2. The number of nitrogens with zero attached hydrogens (tertiary/aromatic N) is 1. The van der Waals surface area contributed by atoms with Crippen LogP contribution < -0.4 is 5.32 Å². The van der Waals surface area contributed by atoms with Crippen molar-refractivity contribution in [1.29, 1.82) is 0 Å². The third kappa shape index (κ3) is 1.87. The van der Waals surface area contributed by atoms with Crippen LogP contribution in [0.2, 0.25) is 0 Å². The first-order valence-corrected chi connectivity index (χ1v) is 6.32. The quantitative estimate of drug-likeness (QED) is 0.509. The first-order chi connectivity index (χ1) is 9.49. The molecular formula is C13H14N2O5. The number of nitrogens with one attached hydrogen (secondary N) is 1. The van der Waals surface area contributed by atoms with Crippen molar-refractivity contribution < 1.29 is 24.9 Å². The van der Waals surface area contributed by atoms with Gasteiger partial charge in [0.25, 0.3) is 11.8 Å². The average molecular weight is 278 g/mol. The molecule has 2 amide bonds. The molecule has 0 radical (unpaired) electrons. The molecule has 3 rings (SSSR count). The Morgan fingerprint density at radius 3 is 2.50 bits per heavy atom. The Balaban J connectivity index is 1.93. The first-order valence-electron chi connectivity index (χ1n) is 6.32. The lowest BCUT2D eigenvalue weighted by Crippen LogP contribution is -2.58. The molecule has 106 valence electrons. The van der Waals surface area contributed by atoms with Gasteiger partial charge in [-0.25, -0.2) is 0 Å². The van der Waals surface area contributed by atoms with E-state index in [1.54, 1.807) is 0 Å². The molecule has 3 atom stereocenters. The molecule has 20 heavy (non-hydrogen) atoms. The third-order valence-electron chi connectivity index (χ3n) is 3.70. The van der Waals surface area contributed by atoms with Gasteiger partial charge in [-0.15, -0.1) is 0 Å². The highest BCUT2D eigenvalue weighted by Gasteiger charge is 2.44. The molecule has 0 aromatic heterocycles. The van der Waals surface area contributed by atoms with Crippen LogP contribution in [-0.2, 0) is 0 Å². The molecule has 7 heteroatoms. The van der Waals surface area contributed by atoms with Gasteiger partial charge in [-0.1, -0.05) is 0 Å². The minimum Gasteiger partial charge on any atom is -0.508 e. The van der Waals surface area contributed by atoms with Gasteiger partial charge in [0.05, 0.1) is 17.2 Å². The third-order valence-corrected chi connectivity index (χ3v) is 3.70. The molecule has 0 saturated carbocycles. The number of benzene rings is 1. The summed E-state index contributed by atoms with van der Waals surface area (Å²) in [4.78, 5) is 25.5. The van der Waals surface area contributed by atoms with Gasteiger partial charge in [-0.05, 0) is 31.0 Å². The number of hydrogen-bond acceptors (Lipinski definition) is 6. The summed E-state index contributed by atoms with van der Waals surface area (Å²) in [6.45, 7) is 0. The summed E-state index contributed by atoms with van der Waals surface area (Å²) in [5.41, 5.74) is 0.347. The highest BCUT2D eigenvalue weighted by molar-refractivity contribution is 6.21. The Bertz CT molecular complexity index is 588. The predicted molar refractivity (Wildman–Crippen MR) is 66.8 cm³/mol. The van der Waals surface area contributed by atoms with Crippen molar-refractivity contribution in [2.45, 2.75) is 31.3 Å². The summed E-state index contributed by atoms with van der Waals surface area (Å²) in [5, 5.41) is 31.2. The SMILES string of the molecule is O=C1c2ccc(O)cc2C(=O)N1C1CCC(O)NC1O. The van der Waals surface area contributed by atoms with E-state index < -0.39 is 30.3 Å². The number of imide groups is 1. The predicted octanol–water partition coefficient (Wildman–Crippen LogP) is -0.623. The number of phenolic OH excluding ortho intramolecular Hbond substituents is 1. The van der Waals surface area contributed by atoms with Crippen molar-refractivity contribution in [3.05, 3.63) is 29.3 Å². The van der Waals surface area contributed by atoms with E-state index in [4.69, 9.17) is 0 Å². The van der Waals surface area contributed by atoms with Crippen LogP contribution in [-0.4, -0.2) is 50.5 Å². The zero-order valence-electron chi connectivity index (χ0n) is 10.5. The molecule has 1 aromatic rings. The van der Waals surface area contributed by atoms with Crippen LogP contribution in [0.3, 0.4) is 0 Å². The molecule has 4 N–H and O–H groups in total. The van der Waals surface area contributed by atoms with Gasteiger partial charge in [-0.3, -0.25) is 19.8 Å². The summed E-state index contributed by atoms with van der Waals surface area (Å²) in [7, 11) is 0. The summed E-state index contributed by atoms with van der Waals surface area (Å²) >= 11 is 0. The number of amides is 2. The Labute approximate surface area is 114 Å². The van der Waals surface area contributed by atoms with Crippen molar-refractivity contribution in [1.82, 2.24) is 10.2 Å². The lowest BCUT2D eigenvalue weighted by molar-refractivity contribution is -0.0413. The zero-order chi connectivity index (χ0) is 14.4. The number of phenols is 1. The molecule has 0 bridgehead atoms. The zero-order valence-corrected chi connectivity index (χ0v) is 10.5. The van der Waals surface area contributed by atoms with Gasteiger partial charge in [0.2, 0.25) is 0 Å². The highest BCUT2D eigenvalue weighted by Crippen LogP contribution is 2.30. The van der Waals surface area contributed by atoms with E-state index in [2.05, 4.69) is 5.32 Å². The minimum absolute atomic E-state index is 0.0931. The summed E-state index contributed by atoms with van der Waals surface area (Å²) < 4.78 is 0. The number of piperidine rings is 1. The topological polar surface area (TPSA) is 110 Å². The van der Waals surface area contributed by atoms with E-state index in [9.17, 15) is 24.9 Å². The Morgan fingerprint density at radius 2 is 1.80 bits per heavy atom. The second kappa shape index (κ2) is 4.55. The Morgan fingerprint density at radius 1 is 1.10 bits per heavy atom. The van der Waals surface area contributed by atoms with E-state index in [0.29, 0.717) is 12.8 Å². The number of carbonyl (C=O) groups excluding carboxylic acids is 2. The van der Waals surface area contributed by atoms with E-state index in [0.717, 1.165) is 4.90 Å². The average Bonchev–Trinajstić information content (AvgIpc) is 2.63. The fourth-order valence-electron chi connectivity index (χ4n) is 2.70. The van der Waals surface area contributed by atoms with E-state index >= 15 is 0 Å². The van der Waals surface area contributed by atoms with Crippen molar-refractivity contribution in [2.24, 2.45) is 0 Å². The molecule has 2 heterocycles. The fraction of sp³-hybridized carbons (Fsp3) is 0.385. The van der Waals surface area contributed by atoms with Crippen LogP contribution in [0.4, 0.5) is 0 Å². The monoisotopic (exact) mass is 278 g/mol. The van der Waals surface area contributed by atoms with Gasteiger partial charge < -0.3 is 15.3 Å². The number of hydrogen-bond donors (Lipinski definition) is 4. The van der Waals surface area contributed by atoms with E-state index in [-0.39, 0.29) is 16.9 Å². The molecular weight excluding hydrogens is 264 g/mol. The second-order valence-electron chi connectivity index (χ2n) is 4.98. The maximum absolute atomic E-state index is 12.3. The number of carbonyl (C=O) groups is 2. The van der Waals surface area contributed by atoms with Crippen molar-refractivity contribution >= 4 is 11.8 Å². The fourth-order valence-corrected chi connectivity index (χ4v) is 2.70. The van der Waals surface area contributed by atoms with Crippen molar-refractivity contribution in [2.75, 3.05) is 0 Å². The lowest BCUT2D eigenvalue weighted by Gasteiger charge is -2.36. The summed E-state index contributed by atoms with van der Waals surface area (Å²) in [6.07, 6.45) is -1.37. The smallest absolute Gasteiger partial charge is 0.262 e. The van der Waals surface area contributed by atoms with Crippen LogP contribution in [0, 0.1) is 0 Å². The minimum atomic E-state index is -1.17. The maximum atomic E-state index is 12.3. The van der Waals surface area contributed by atoms with Gasteiger partial charge >= 0.3 is 0 Å². The molecule has 1 fully saturated rings. The van der Waals surface area contributed by atoms with E-state index in [1.807, 2.05) is 0 Å². The van der Waals surface area contributed by atoms with Crippen LogP contribution in [0.15, 0.2) is 18.2 Å². The molecule has 7 nitrogen and oxygen atoms in total. The molecule has 3 unspecified atom stereocenters. The van der Waals surface area contributed by atoms with Crippen molar-refractivity contribution in [3.8, 4) is 5.75 Å². The van der Waals surface area contributed by atoms with Crippen LogP contribution in [0.5, 0.6) is 5.75 Å². The number of fused-ring (bicyclic) bond motifs is 1. The molecule has 0 spiro atoms. The molecule has 0 aliphatic carbocycles. The molecule has 1 saturated heterocycles. The summed E-state index contributed by atoms with van der Waals surface area (Å²) in [5.74, 6) is -1.13. The lowest BCUT2D eigenvalue weighted by atomic mass is 10.0. The number of rotatable bonds is 1. The Hall–Kier alpha value is -1.96. The first kappa shape index (κ1) is 13.0. The summed E-state index contributed by atoms with van der Waals surface area (Å²) in [6, 6.07) is 3.25. The molecule has 2 aliphatic heterocycles. The van der Waals surface area contributed by atoms with Crippen LogP contribution >= 0.6 is 0 Å². The van der Waals surface area contributed by atoms with Gasteiger partial charge in [-0.2, -0.15) is 0 Å². The number of aliphatic hydroxyl groups is 2. The van der Waals surface area contributed by atoms with Crippen LogP contribution in [0.1, 0.15) is 33.6 Å². The van der Waals surface area contributed by atoms with Crippen molar-refractivity contribution in [3.63, 3.8) is 0 Å². The number of aromatic hydroxyl groups is 1. The van der Waals surface area contributed by atoms with Gasteiger partial charge in [0.1, 0.15) is 18.2 Å². The molecule has 2 aliphatic rings.